The van der Waals surface area contributed by atoms with Crippen molar-refractivity contribution in [3.63, 3.8) is 0 Å². The number of likely N-dealkylation sites (N-methyl/N-ethyl adjacent to an activating group) is 1. The number of hydrogen-bond donors (Lipinski definition) is 1. The standard InChI is InChI=1S/C13H18N4/c1-2-17(13-4-3-6-15-10-13)12-5-7-16-11(8-12)9-14/h5,7-8,13,15H,2-4,6,10H2,1H3. The summed E-state index contributed by atoms with van der Waals surface area (Å²) >= 11 is 0. The highest BCUT2D eigenvalue weighted by molar-refractivity contribution is 5.49. The molecule has 1 atom stereocenters. The number of anilines is 1. The van der Waals surface area contributed by atoms with Crippen LogP contribution in [0.25, 0.3) is 0 Å². The monoisotopic (exact) mass is 230 g/mol. The number of nitrogens with one attached hydrogen (secondary N) is 1. The van der Waals surface area contributed by atoms with Gasteiger partial charge in [0.2, 0.25) is 0 Å². The van der Waals surface area contributed by atoms with Crippen molar-refractivity contribution < 1.29 is 0 Å². The summed E-state index contributed by atoms with van der Waals surface area (Å²) in [6.07, 6.45) is 4.15. The zero-order chi connectivity index (χ0) is 12.1. The molecule has 4 nitrogen and oxygen atoms in total. The van der Waals surface area contributed by atoms with E-state index in [1.165, 1.54) is 12.8 Å². The molecule has 0 spiro atoms. The highest BCUT2D eigenvalue weighted by Gasteiger charge is 2.20. The molecule has 0 radical (unpaired) electrons. The molecular formula is C13H18N4. The Morgan fingerprint density at radius 3 is 3.18 bits per heavy atom. The second kappa shape index (κ2) is 5.65. The summed E-state index contributed by atoms with van der Waals surface area (Å²) in [6, 6.07) is 6.48. The first-order valence-corrected chi connectivity index (χ1v) is 6.18. The lowest BCUT2D eigenvalue weighted by atomic mass is 10.1. The molecular weight excluding hydrogens is 212 g/mol. The van der Waals surface area contributed by atoms with Crippen molar-refractivity contribution in [1.82, 2.24) is 10.3 Å². The molecule has 0 amide bonds. The topological polar surface area (TPSA) is 52.0 Å². The van der Waals surface area contributed by atoms with Crippen LogP contribution in [0.2, 0.25) is 0 Å². The van der Waals surface area contributed by atoms with E-state index in [4.69, 9.17) is 5.26 Å². The minimum Gasteiger partial charge on any atom is -0.367 e. The molecule has 2 heterocycles. The van der Waals surface area contributed by atoms with Crippen molar-refractivity contribution in [1.29, 1.82) is 5.26 Å². The van der Waals surface area contributed by atoms with Gasteiger partial charge < -0.3 is 10.2 Å². The van der Waals surface area contributed by atoms with Gasteiger partial charge in [-0.1, -0.05) is 0 Å². The molecule has 90 valence electrons. The maximum atomic E-state index is 8.88. The van der Waals surface area contributed by atoms with E-state index in [2.05, 4.69) is 28.2 Å². The normalized spacial score (nSPS) is 19.6. The Bertz CT molecular complexity index is 404. The van der Waals surface area contributed by atoms with E-state index in [-0.39, 0.29) is 0 Å². The van der Waals surface area contributed by atoms with Crippen molar-refractivity contribution in [3.05, 3.63) is 24.0 Å². The maximum absolute atomic E-state index is 8.88. The fraction of sp³-hybridized carbons (Fsp3) is 0.538. The maximum Gasteiger partial charge on any atom is 0.142 e. The van der Waals surface area contributed by atoms with E-state index in [9.17, 15) is 0 Å². The van der Waals surface area contributed by atoms with Crippen LogP contribution < -0.4 is 10.2 Å². The van der Waals surface area contributed by atoms with Crippen LogP contribution in [0.4, 0.5) is 5.69 Å². The molecule has 0 bridgehead atoms. The van der Waals surface area contributed by atoms with E-state index < -0.39 is 0 Å². The number of nitrogens with zero attached hydrogens (tertiary/aromatic N) is 3. The molecule has 0 saturated carbocycles. The summed E-state index contributed by atoms with van der Waals surface area (Å²) in [5.74, 6) is 0. The molecule has 17 heavy (non-hydrogen) atoms. The van der Waals surface area contributed by atoms with Crippen LogP contribution in [0, 0.1) is 11.3 Å². The number of rotatable bonds is 3. The lowest BCUT2D eigenvalue weighted by molar-refractivity contribution is 0.435. The summed E-state index contributed by atoms with van der Waals surface area (Å²) < 4.78 is 0. The molecule has 0 aromatic carbocycles. The quantitative estimate of drug-likeness (QED) is 0.855. The zero-order valence-electron chi connectivity index (χ0n) is 10.2. The molecule has 1 aromatic heterocycles. The average Bonchev–Trinajstić information content (AvgIpc) is 2.41. The van der Waals surface area contributed by atoms with Crippen LogP contribution in [0.3, 0.4) is 0 Å². The van der Waals surface area contributed by atoms with Gasteiger partial charge in [0.15, 0.2) is 0 Å². The first-order chi connectivity index (χ1) is 8.35. The van der Waals surface area contributed by atoms with Gasteiger partial charge in [0.25, 0.3) is 0 Å². The second-order valence-corrected chi connectivity index (χ2v) is 4.30. The third-order valence-electron chi connectivity index (χ3n) is 3.24. The summed E-state index contributed by atoms with van der Waals surface area (Å²) in [6.45, 7) is 5.26. The zero-order valence-corrected chi connectivity index (χ0v) is 10.2. The minimum absolute atomic E-state index is 0.490. The van der Waals surface area contributed by atoms with E-state index >= 15 is 0 Å². The fourth-order valence-corrected chi connectivity index (χ4v) is 2.41. The molecule has 1 saturated heterocycles. The van der Waals surface area contributed by atoms with Crippen LogP contribution in [-0.4, -0.2) is 30.7 Å². The van der Waals surface area contributed by atoms with Gasteiger partial charge in [0.1, 0.15) is 11.8 Å². The largest absolute Gasteiger partial charge is 0.367 e. The van der Waals surface area contributed by atoms with Gasteiger partial charge in [0, 0.05) is 31.0 Å². The summed E-state index contributed by atoms with van der Waals surface area (Å²) in [4.78, 5) is 6.37. The Morgan fingerprint density at radius 1 is 1.65 bits per heavy atom. The van der Waals surface area contributed by atoms with Crippen LogP contribution in [0.15, 0.2) is 18.3 Å². The summed E-state index contributed by atoms with van der Waals surface area (Å²) in [5, 5.41) is 12.3. The van der Waals surface area contributed by atoms with Gasteiger partial charge in [-0.05, 0) is 38.4 Å². The van der Waals surface area contributed by atoms with Crippen molar-refractivity contribution >= 4 is 5.69 Å². The highest BCUT2D eigenvalue weighted by Crippen LogP contribution is 2.20. The summed E-state index contributed by atoms with van der Waals surface area (Å²) in [7, 11) is 0. The molecule has 1 aliphatic rings. The van der Waals surface area contributed by atoms with Gasteiger partial charge in [-0.15, -0.1) is 0 Å². The van der Waals surface area contributed by atoms with Gasteiger partial charge in [-0.3, -0.25) is 0 Å². The first kappa shape index (κ1) is 11.9. The first-order valence-electron chi connectivity index (χ1n) is 6.18. The highest BCUT2D eigenvalue weighted by atomic mass is 15.2. The van der Waals surface area contributed by atoms with E-state index in [1.807, 2.05) is 12.1 Å². The van der Waals surface area contributed by atoms with Crippen LogP contribution >= 0.6 is 0 Å². The summed E-state index contributed by atoms with van der Waals surface area (Å²) in [5.41, 5.74) is 1.59. The minimum atomic E-state index is 0.490. The fourth-order valence-electron chi connectivity index (χ4n) is 2.41. The Balaban J connectivity index is 2.18. The number of nitriles is 1. The molecule has 1 aliphatic heterocycles. The van der Waals surface area contributed by atoms with E-state index in [0.29, 0.717) is 11.7 Å². The number of hydrogen-bond acceptors (Lipinski definition) is 4. The van der Waals surface area contributed by atoms with Crippen molar-refractivity contribution in [2.24, 2.45) is 0 Å². The van der Waals surface area contributed by atoms with Gasteiger partial charge in [-0.25, -0.2) is 4.98 Å². The molecule has 1 fully saturated rings. The van der Waals surface area contributed by atoms with Crippen LogP contribution in [0.1, 0.15) is 25.5 Å². The lowest BCUT2D eigenvalue weighted by Crippen LogP contribution is -2.46. The number of aromatic nitrogens is 1. The molecule has 0 aliphatic carbocycles. The third-order valence-corrected chi connectivity index (χ3v) is 3.24. The Labute approximate surface area is 102 Å². The average molecular weight is 230 g/mol. The predicted molar refractivity (Wildman–Crippen MR) is 67.9 cm³/mol. The number of piperidine rings is 1. The molecule has 4 heteroatoms. The lowest BCUT2D eigenvalue weighted by Gasteiger charge is -2.35. The van der Waals surface area contributed by atoms with E-state index in [0.717, 1.165) is 25.3 Å². The van der Waals surface area contributed by atoms with Crippen molar-refractivity contribution in [2.45, 2.75) is 25.8 Å². The predicted octanol–water partition coefficient (Wildman–Crippen LogP) is 1.53. The van der Waals surface area contributed by atoms with E-state index in [1.54, 1.807) is 6.20 Å². The second-order valence-electron chi connectivity index (χ2n) is 4.30. The van der Waals surface area contributed by atoms with Crippen molar-refractivity contribution in [2.75, 3.05) is 24.5 Å². The Hall–Kier alpha value is -1.60. The van der Waals surface area contributed by atoms with Gasteiger partial charge in [-0.2, -0.15) is 5.26 Å². The van der Waals surface area contributed by atoms with Crippen LogP contribution in [0.5, 0.6) is 0 Å². The van der Waals surface area contributed by atoms with Crippen molar-refractivity contribution in [3.8, 4) is 6.07 Å². The smallest absolute Gasteiger partial charge is 0.142 e. The Kier molecular flexibility index (Phi) is 3.94. The molecule has 1 aromatic rings. The molecule has 1 N–H and O–H groups in total. The third kappa shape index (κ3) is 2.75. The SMILES string of the molecule is CCN(c1ccnc(C#N)c1)C1CCCNC1. The van der Waals surface area contributed by atoms with Crippen LogP contribution in [-0.2, 0) is 0 Å². The van der Waals surface area contributed by atoms with Gasteiger partial charge >= 0.3 is 0 Å². The molecule has 1 unspecified atom stereocenters. The molecule has 2 rings (SSSR count). The number of pyridine rings is 1. The Morgan fingerprint density at radius 2 is 2.53 bits per heavy atom. The van der Waals surface area contributed by atoms with Gasteiger partial charge in [0.05, 0.1) is 0 Å².